The van der Waals surface area contributed by atoms with Crippen LogP contribution in [0.4, 0.5) is 5.82 Å². The number of halogens is 1. The number of anilines is 1. The molecule has 1 N–H and O–H groups in total. The maximum absolute atomic E-state index is 6.15. The van der Waals surface area contributed by atoms with E-state index in [-0.39, 0.29) is 0 Å². The minimum atomic E-state index is 0.635. The zero-order chi connectivity index (χ0) is 14.5. The summed E-state index contributed by atoms with van der Waals surface area (Å²) in [5.74, 6) is 1.62. The Morgan fingerprint density at radius 3 is 2.75 bits per heavy atom. The van der Waals surface area contributed by atoms with E-state index in [2.05, 4.69) is 27.2 Å². The fourth-order valence-electron chi connectivity index (χ4n) is 1.66. The van der Waals surface area contributed by atoms with Gasteiger partial charge in [-0.2, -0.15) is 0 Å². The predicted molar refractivity (Wildman–Crippen MR) is 83.7 cm³/mol. The van der Waals surface area contributed by atoms with E-state index in [0.29, 0.717) is 5.02 Å². The average Bonchev–Trinajstić information content (AvgIpc) is 2.43. The smallest absolute Gasteiger partial charge is 0.133 e. The van der Waals surface area contributed by atoms with E-state index in [4.69, 9.17) is 11.6 Å². The quantitative estimate of drug-likeness (QED) is 0.842. The van der Waals surface area contributed by atoms with E-state index in [0.717, 1.165) is 40.2 Å². The standard InChI is InChI=1S/C14H17ClN4S/c1-4-7-16-12-9(2)13(19-10(3)18-12)20-14-11(15)6-5-8-17-14/h5-6,8H,4,7H2,1-3H3,(H,16,18,19). The van der Waals surface area contributed by atoms with Crippen LogP contribution in [0.1, 0.15) is 24.7 Å². The van der Waals surface area contributed by atoms with Crippen LogP contribution in [-0.4, -0.2) is 21.5 Å². The van der Waals surface area contributed by atoms with Crippen molar-refractivity contribution >= 4 is 29.2 Å². The molecule has 0 unspecified atom stereocenters. The number of hydrogen-bond donors (Lipinski definition) is 1. The highest BCUT2D eigenvalue weighted by atomic mass is 35.5. The highest BCUT2D eigenvalue weighted by Gasteiger charge is 2.12. The maximum Gasteiger partial charge on any atom is 0.133 e. The van der Waals surface area contributed by atoms with Crippen LogP contribution >= 0.6 is 23.4 Å². The summed E-state index contributed by atoms with van der Waals surface area (Å²) in [5.41, 5.74) is 1.02. The summed E-state index contributed by atoms with van der Waals surface area (Å²) >= 11 is 7.62. The first-order valence-corrected chi connectivity index (χ1v) is 7.68. The second-order valence-corrected chi connectivity index (χ2v) is 5.75. The van der Waals surface area contributed by atoms with Gasteiger partial charge in [-0.15, -0.1) is 0 Å². The third kappa shape index (κ3) is 3.61. The monoisotopic (exact) mass is 308 g/mol. The molecule has 6 heteroatoms. The minimum Gasteiger partial charge on any atom is -0.370 e. The van der Waals surface area contributed by atoms with Gasteiger partial charge in [0.05, 0.1) is 5.02 Å². The molecule has 0 bridgehead atoms. The van der Waals surface area contributed by atoms with Crippen molar-refractivity contribution < 1.29 is 0 Å². The number of aryl methyl sites for hydroxylation is 1. The minimum absolute atomic E-state index is 0.635. The Labute approximate surface area is 128 Å². The summed E-state index contributed by atoms with van der Waals surface area (Å²) in [5, 5.41) is 5.61. The number of rotatable bonds is 5. The molecule has 0 atom stereocenters. The van der Waals surface area contributed by atoms with Gasteiger partial charge in [0.25, 0.3) is 0 Å². The Hall–Kier alpha value is -1.33. The highest BCUT2D eigenvalue weighted by molar-refractivity contribution is 7.99. The molecule has 2 aromatic heterocycles. The van der Waals surface area contributed by atoms with Crippen LogP contribution in [0.25, 0.3) is 0 Å². The Balaban J connectivity index is 2.32. The normalized spacial score (nSPS) is 10.6. The third-order valence-electron chi connectivity index (χ3n) is 2.67. The van der Waals surface area contributed by atoms with Crippen molar-refractivity contribution in [2.24, 2.45) is 0 Å². The Kier molecular flexibility index (Phi) is 5.20. The summed E-state index contributed by atoms with van der Waals surface area (Å²) in [7, 11) is 0. The molecular weight excluding hydrogens is 292 g/mol. The number of nitrogens with one attached hydrogen (secondary N) is 1. The Bertz CT molecular complexity index is 604. The molecule has 4 nitrogen and oxygen atoms in total. The number of pyridine rings is 1. The summed E-state index contributed by atoms with van der Waals surface area (Å²) in [6.07, 6.45) is 2.78. The van der Waals surface area contributed by atoms with Crippen molar-refractivity contribution in [3.8, 4) is 0 Å². The lowest BCUT2D eigenvalue weighted by Gasteiger charge is -2.12. The van der Waals surface area contributed by atoms with Gasteiger partial charge in [0, 0.05) is 18.3 Å². The van der Waals surface area contributed by atoms with Gasteiger partial charge in [-0.3, -0.25) is 0 Å². The van der Waals surface area contributed by atoms with Gasteiger partial charge < -0.3 is 5.32 Å². The molecule has 0 saturated carbocycles. The SMILES string of the molecule is CCCNc1nc(C)nc(Sc2ncccc2Cl)c1C. The first kappa shape index (κ1) is 15.1. The number of hydrogen-bond acceptors (Lipinski definition) is 5. The van der Waals surface area contributed by atoms with E-state index in [1.54, 1.807) is 6.20 Å². The molecule has 0 spiro atoms. The van der Waals surface area contributed by atoms with E-state index < -0.39 is 0 Å². The Morgan fingerprint density at radius 1 is 1.25 bits per heavy atom. The zero-order valence-corrected chi connectivity index (χ0v) is 13.3. The largest absolute Gasteiger partial charge is 0.370 e. The van der Waals surface area contributed by atoms with Gasteiger partial charge in [-0.05, 0) is 44.2 Å². The summed E-state index contributed by atoms with van der Waals surface area (Å²) in [6.45, 7) is 6.92. The van der Waals surface area contributed by atoms with Gasteiger partial charge in [0.2, 0.25) is 0 Å². The van der Waals surface area contributed by atoms with Gasteiger partial charge >= 0.3 is 0 Å². The van der Waals surface area contributed by atoms with Crippen LogP contribution in [0.5, 0.6) is 0 Å². The second-order valence-electron chi connectivity index (χ2n) is 4.37. The second kappa shape index (κ2) is 6.90. The summed E-state index contributed by atoms with van der Waals surface area (Å²) < 4.78 is 0. The van der Waals surface area contributed by atoms with Gasteiger partial charge in [-0.1, -0.05) is 18.5 Å². The van der Waals surface area contributed by atoms with Crippen molar-refractivity contribution in [2.45, 2.75) is 37.2 Å². The molecule has 0 amide bonds. The molecule has 2 rings (SSSR count). The molecule has 2 heterocycles. The lowest BCUT2D eigenvalue weighted by atomic mass is 10.3. The van der Waals surface area contributed by atoms with Crippen molar-refractivity contribution in [3.63, 3.8) is 0 Å². The molecule has 0 radical (unpaired) electrons. The molecule has 0 aliphatic carbocycles. The maximum atomic E-state index is 6.15. The van der Waals surface area contributed by atoms with Crippen LogP contribution < -0.4 is 5.32 Å². The van der Waals surface area contributed by atoms with Gasteiger partial charge in [-0.25, -0.2) is 15.0 Å². The molecule has 0 saturated heterocycles. The van der Waals surface area contributed by atoms with Crippen LogP contribution in [-0.2, 0) is 0 Å². The molecule has 106 valence electrons. The molecule has 0 fully saturated rings. The predicted octanol–water partition coefficient (Wildman–Crippen LogP) is 4.11. The van der Waals surface area contributed by atoms with E-state index in [1.807, 2.05) is 26.0 Å². The molecular formula is C14H17ClN4S. The van der Waals surface area contributed by atoms with E-state index in [1.165, 1.54) is 11.8 Å². The van der Waals surface area contributed by atoms with Crippen LogP contribution in [0.3, 0.4) is 0 Å². The fourth-order valence-corrected chi connectivity index (χ4v) is 2.78. The summed E-state index contributed by atoms with van der Waals surface area (Å²) in [6, 6.07) is 3.65. The molecule has 0 aliphatic heterocycles. The lowest BCUT2D eigenvalue weighted by molar-refractivity contribution is 0.907. The Morgan fingerprint density at radius 2 is 2.05 bits per heavy atom. The van der Waals surface area contributed by atoms with Crippen molar-refractivity contribution in [1.82, 2.24) is 15.0 Å². The number of nitrogens with zero attached hydrogens (tertiary/aromatic N) is 3. The highest BCUT2D eigenvalue weighted by Crippen LogP contribution is 2.33. The number of aromatic nitrogens is 3. The molecule has 2 aromatic rings. The zero-order valence-electron chi connectivity index (χ0n) is 11.8. The van der Waals surface area contributed by atoms with Gasteiger partial charge in [0.15, 0.2) is 0 Å². The van der Waals surface area contributed by atoms with Crippen molar-refractivity contribution in [3.05, 3.63) is 34.7 Å². The average molecular weight is 309 g/mol. The van der Waals surface area contributed by atoms with Crippen molar-refractivity contribution in [2.75, 3.05) is 11.9 Å². The van der Waals surface area contributed by atoms with Crippen LogP contribution in [0, 0.1) is 13.8 Å². The lowest BCUT2D eigenvalue weighted by Crippen LogP contribution is -2.07. The molecule has 0 aromatic carbocycles. The van der Waals surface area contributed by atoms with Crippen LogP contribution in [0.15, 0.2) is 28.4 Å². The van der Waals surface area contributed by atoms with E-state index in [9.17, 15) is 0 Å². The van der Waals surface area contributed by atoms with Crippen molar-refractivity contribution in [1.29, 1.82) is 0 Å². The molecule has 0 aliphatic rings. The fraction of sp³-hybridized carbons (Fsp3) is 0.357. The van der Waals surface area contributed by atoms with E-state index >= 15 is 0 Å². The third-order valence-corrected chi connectivity index (χ3v) is 4.20. The summed E-state index contributed by atoms with van der Waals surface area (Å²) in [4.78, 5) is 13.2. The topological polar surface area (TPSA) is 50.7 Å². The van der Waals surface area contributed by atoms with Gasteiger partial charge in [0.1, 0.15) is 21.7 Å². The molecule has 20 heavy (non-hydrogen) atoms. The first-order chi connectivity index (χ1) is 9.61. The first-order valence-electron chi connectivity index (χ1n) is 6.49. The van der Waals surface area contributed by atoms with Crippen LogP contribution in [0.2, 0.25) is 5.02 Å².